The Labute approximate surface area is 171 Å². The van der Waals surface area contributed by atoms with E-state index >= 15 is 0 Å². The van der Waals surface area contributed by atoms with Crippen LogP contribution in [-0.2, 0) is 22.9 Å². The van der Waals surface area contributed by atoms with Crippen LogP contribution in [0.4, 0.5) is 18.9 Å². The van der Waals surface area contributed by atoms with Crippen LogP contribution in [0.15, 0.2) is 59.6 Å². The molecule has 30 heavy (non-hydrogen) atoms. The molecule has 2 heterocycles. The van der Waals surface area contributed by atoms with Crippen LogP contribution >= 0.6 is 0 Å². The minimum atomic E-state index is -4.44. The van der Waals surface area contributed by atoms with Crippen LogP contribution < -0.4 is 9.64 Å². The number of alkyl halides is 3. The number of para-hydroxylation sites is 2. The summed E-state index contributed by atoms with van der Waals surface area (Å²) in [6, 6.07) is 13.0. The highest BCUT2D eigenvalue weighted by Crippen LogP contribution is 2.33. The molecule has 0 N–H and O–H groups in total. The Bertz CT molecular complexity index is 1170. The van der Waals surface area contributed by atoms with E-state index in [9.17, 15) is 21.6 Å². The lowest BCUT2D eigenvalue weighted by Crippen LogP contribution is -2.20. The van der Waals surface area contributed by atoms with Gasteiger partial charge in [-0.25, -0.2) is 13.1 Å². The summed E-state index contributed by atoms with van der Waals surface area (Å²) >= 11 is 0. The molecule has 6 nitrogen and oxygen atoms in total. The summed E-state index contributed by atoms with van der Waals surface area (Å²) in [5.41, 5.74) is 3.04. The van der Waals surface area contributed by atoms with Crippen molar-refractivity contribution in [2.45, 2.75) is 24.2 Å². The normalized spacial score (nSPS) is 14.1. The van der Waals surface area contributed by atoms with E-state index in [1.54, 1.807) is 53.3 Å². The van der Waals surface area contributed by atoms with Gasteiger partial charge in [-0.1, -0.05) is 12.1 Å². The van der Waals surface area contributed by atoms with Gasteiger partial charge in [0.25, 0.3) is 0 Å². The van der Waals surface area contributed by atoms with Crippen LogP contribution in [0.5, 0.6) is 5.75 Å². The largest absolute Gasteiger partial charge is 0.482 e. The van der Waals surface area contributed by atoms with E-state index in [0.29, 0.717) is 18.8 Å². The predicted octanol–water partition coefficient (Wildman–Crippen LogP) is 3.74. The number of hydrogen-bond acceptors (Lipinski definition) is 5. The molecular weight excluding hydrogens is 419 g/mol. The standard InChI is InChI=1S/C20H18F3N3O3S/c1-30(27,28)16-8-6-15(7-9-16)25-11-14-10-24-26(18(14)12-25)17-4-2-3-5-19(17)29-13-20(21,22)23/h2-10H,11-13H2,1H3. The van der Waals surface area contributed by atoms with Crippen molar-refractivity contribution >= 4 is 15.5 Å². The van der Waals surface area contributed by atoms with Crippen LogP contribution in [0, 0.1) is 0 Å². The van der Waals surface area contributed by atoms with Crippen molar-refractivity contribution in [2.24, 2.45) is 0 Å². The molecule has 4 rings (SSSR count). The SMILES string of the molecule is CS(=O)(=O)c1ccc(N2Cc3cnn(-c4ccccc4OCC(F)(F)F)c3C2)cc1. The molecule has 0 saturated carbocycles. The maximum Gasteiger partial charge on any atom is 0.422 e. The molecule has 0 saturated heterocycles. The Balaban J connectivity index is 1.59. The van der Waals surface area contributed by atoms with E-state index in [2.05, 4.69) is 5.10 Å². The van der Waals surface area contributed by atoms with Gasteiger partial charge >= 0.3 is 6.18 Å². The molecule has 0 fully saturated rings. The topological polar surface area (TPSA) is 64.4 Å². The van der Waals surface area contributed by atoms with Crippen molar-refractivity contribution in [2.75, 3.05) is 17.8 Å². The highest BCUT2D eigenvalue weighted by atomic mass is 32.2. The third-order valence-corrected chi connectivity index (χ3v) is 5.90. The molecule has 3 aromatic rings. The molecule has 10 heteroatoms. The van der Waals surface area contributed by atoms with Gasteiger partial charge in [0.05, 0.1) is 23.3 Å². The number of halogens is 3. The van der Waals surface area contributed by atoms with Gasteiger partial charge in [-0.05, 0) is 36.4 Å². The Hall–Kier alpha value is -3.01. The van der Waals surface area contributed by atoms with Crippen LogP contribution in [0.1, 0.15) is 11.3 Å². The first-order chi connectivity index (χ1) is 14.1. The average Bonchev–Trinajstić information content (AvgIpc) is 3.26. The maximum atomic E-state index is 12.6. The zero-order valence-corrected chi connectivity index (χ0v) is 16.7. The Kier molecular flexibility index (Phi) is 4.97. The number of ether oxygens (including phenoxy) is 1. The number of fused-ring (bicyclic) bond motifs is 1. The average molecular weight is 437 g/mol. The lowest BCUT2D eigenvalue weighted by Gasteiger charge is -2.19. The van der Waals surface area contributed by atoms with Gasteiger partial charge in [-0.3, -0.25) is 0 Å². The van der Waals surface area contributed by atoms with E-state index in [4.69, 9.17) is 4.74 Å². The first-order valence-corrected chi connectivity index (χ1v) is 10.9. The highest BCUT2D eigenvalue weighted by molar-refractivity contribution is 7.90. The fraction of sp³-hybridized carbons (Fsp3) is 0.250. The molecule has 158 valence electrons. The maximum absolute atomic E-state index is 12.6. The van der Waals surface area contributed by atoms with E-state index in [1.807, 2.05) is 4.90 Å². The van der Waals surface area contributed by atoms with E-state index in [0.717, 1.165) is 23.2 Å². The van der Waals surface area contributed by atoms with Gasteiger partial charge in [-0.2, -0.15) is 18.3 Å². The number of anilines is 1. The minimum absolute atomic E-state index is 0.0941. The van der Waals surface area contributed by atoms with Crippen molar-refractivity contribution in [3.8, 4) is 11.4 Å². The number of hydrogen-bond donors (Lipinski definition) is 0. The first kappa shape index (κ1) is 20.3. The highest BCUT2D eigenvalue weighted by Gasteiger charge is 2.30. The molecule has 0 unspecified atom stereocenters. The molecule has 2 aromatic carbocycles. The van der Waals surface area contributed by atoms with E-state index in [1.165, 1.54) is 6.07 Å². The van der Waals surface area contributed by atoms with Gasteiger partial charge in [0, 0.05) is 24.1 Å². The second-order valence-corrected chi connectivity index (χ2v) is 9.04. The molecular formula is C20H18F3N3O3S. The number of sulfone groups is 1. The van der Waals surface area contributed by atoms with Gasteiger partial charge in [-0.15, -0.1) is 0 Å². The summed E-state index contributed by atoms with van der Waals surface area (Å²) in [7, 11) is -3.28. The second-order valence-electron chi connectivity index (χ2n) is 7.02. The molecule has 0 radical (unpaired) electrons. The Morgan fingerprint density at radius 2 is 1.77 bits per heavy atom. The van der Waals surface area contributed by atoms with Gasteiger partial charge in [0.2, 0.25) is 0 Å². The molecule has 0 amide bonds. The molecule has 1 aliphatic rings. The monoisotopic (exact) mass is 437 g/mol. The zero-order valence-electron chi connectivity index (χ0n) is 15.9. The fourth-order valence-electron chi connectivity index (χ4n) is 3.36. The Morgan fingerprint density at radius 1 is 1.07 bits per heavy atom. The number of nitrogens with zero attached hydrogens (tertiary/aromatic N) is 3. The summed E-state index contributed by atoms with van der Waals surface area (Å²) in [6.07, 6.45) is -1.60. The third-order valence-electron chi connectivity index (χ3n) is 4.77. The fourth-order valence-corrected chi connectivity index (χ4v) is 3.99. The first-order valence-electron chi connectivity index (χ1n) is 9.01. The van der Waals surface area contributed by atoms with Crippen molar-refractivity contribution in [3.05, 3.63) is 66.0 Å². The van der Waals surface area contributed by atoms with Crippen molar-refractivity contribution in [3.63, 3.8) is 0 Å². The van der Waals surface area contributed by atoms with Crippen LogP contribution in [-0.4, -0.2) is 37.2 Å². The quantitative estimate of drug-likeness (QED) is 0.609. The van der Waals surface area contributed by atoms with Crippen molar-refractivity contribution in [1.29, 1.82) is 0 Å². The van der Waals surface area contributed by atoms with Crippen LogP contribution in [0.2, 0.25) is 0 Å². The summed E-state index contributed by atoms with van der Waals surface area (Å²) in [5, 5.41) is 4.34. The molecule has 1 aliphatic heterocycles. The smallest absolute Gasteiger partial charge is 0.422 e. The van der Waals surface area contributed by atoms with Crippen molar-refractivity contribution in [1.82, 2.24) is 9.78 Å². The molecule has 0 bridgehead atoms. The van der Waals surface area contributed by atoms with Gasteiger partial charge < -0.3 is 9.64 Å². The molecule has 0 atom stereocenters. The number of rotatable bonds is 5. The summed E-state index contributed by atoms with van der Waals surface area (Å²) in [5.74, 6) is 0.0941. The Morgan fingerprint density at radius 3 is 2.43 bits per heavy atom. The number of benzene rings is 2. The summed E-state index contributed by atoms with van der Waals surface area (Å²) in [4.78, 5) is 2.28. The molecule has 1 aromatic heterocycles. The number of aromatic nitrogens is 2. The molecule has 0 aliphatic carbocycles. The van der Waals surface area contributed by atoms with Crippen molar-refractivity contribution < 1.29 is 26.3 Å². The summed E-state index contributed by atoms with van der Waals surface area (Å²) in [6.45, 7) is -0.355. The van der Waals surface area contributed by atoms with E-state index in [-0.39, 0.29) is 10.6 Å². The summed E-state index contributed by atoms with van der Waals surface area (Å²) < 4.78 is 67.6. The second kappa shape index (κ2) is 7.35. The van der Waals surface area contributed by atoms with Gasteiger partial charge in [0.1, 0.15) is 11.4 Å². The third kappa shape index (κ3) is 4.13. The lowest BCUT2D eigenvalue weighted by molar-refractivity contribution is -0.153. The van der Waals surface area contributed by atoms with E-state index < -0.39 is 22.6 Å². The molecule has 0 spiro atoms. The van der Waals surface area contributed by atoms with Crippen LogP contribution in [0.3, 0.4) is 0 Å². The lowest BCUT2D eigenvalue weighted by atomic mass is 10.2. The van der Waals surface area contributed by atoms with Crippen LogP contribution in [0.25, 0.3) is 5.69 Å². The predicted molar refractivity (Wildman–Crippen MR) is 105 cm³/mol. The minimum Gasteiger partial charge on any atom is -0.482 e. The van der Waals surface area contributed by atoms with Gasteiger partial charge in [0.15, 0.2) is 16.4 Å². The zero-order chi connectivity index (χ0) is 21.5.